The summed E-state index contributed by atoms with van der Waals surface area (Å²) in [4.78, 5) is 4.74. The lowest BCUT2D eigenvalue weighted by Gasteiger charge is -2.37. The molecule has 1 heterocycles. The zero-order chi connectivity index (χ0) is 13.9. The van der Waals surface area contributed by atoms with Crippen LogP contribution >= 0.6 is 35.6 Å². The summed E-state index contributed by atoms with van der Waals surface area (Å²) in [7, 11) is 0. The maximum atomic E-state index is 6.05. The van der Waals surface area contributed by atoms with Crippen molar-refractivity contribution in [2.75, 3.05) is 36.0 Å². The van der Waals surface area contributed by atoms with Gasteiger partial charge < -0.3 is 9.80 Å². The minimum Gasteiger partial charge on any atom is -0.368 e. The molecule has 1 fully saturated rings. The molecule has 1 aliphatic rings. The first-order valence-corrected chi connectivity index (χ1v) is 7.49. The fourth-order valence-corrected chi connectivity index (χ4v) is 2.94. The molecule has 1 aliphatic heterocycles. The van der Waals surface area contributed by atoms with Gasteiger partial charge in [-0.05, 0) is 36.4 Å². The highest BCUT2D eigenvalue weighted by Gasteiger charge is 2.17. The summed E-state index contributed by atoms with van der Waals surface area (Å²) in [6, 6.07) is 16.1. The first-order valence-electron chi connectivity index (χ1n) is 6.73. The lowest BCUT2D eigenvalue weighted by molar-refractivity contribution is 0.653. The third-order valence-corrected chi connectivity index (χ3v) is 4.10. The van der Waals surface area contributed by atoms with Crippen molar-refractivity contribution in [2.24, 2.45) is 0 Å². The van der Waals surface area contributed by atoms with E-state index < -0.39 is 0 Å². The molecule has 21 heavy (non-hydrogen) atoms. The molecule has 0 aliphatic carbocycles. The largest absolute Gasteiger partial charge is 0.368 e. The van der Waals surface area contributed by atoms with Crippen LogP contribution < -0.4 is 9.80 Å². The van der Waals surface area contributed by atoms with E-state index >= 15 is 0 Å². The van der Waals surface area contributed by atoms with E-state index in [2.05, 4.69) is 21.9 Å². The van der Waals surface area contributed by atoms with Gasteiger partial charge in [-0.25, -0.2) is 0 Å². The van der Waals surface area contributed by atoms with Crippen LogP contribution in [0.4, 0.5) is 11.4 Å². The Balaban J connectivity index is 0.00000161. The van der Waals surface area contributed by atoms with Crippen LogP contribution in [0.3, 0.4) is 0 Å². The average Bonchev–Trinajstić information content (AvgIpc) is 2.47. The zero-order valence-corrected chi connectivity index (χ0v) is 13.8. The number of hydrogen-bond acceptors (Lipinski definition) is 2. The molecule has 0 aromatic heterocycles. The monoisotopic (exact) mass is 342 g/mol. The summed E-state index contributed by atoms with van der Waals surface area (Å²) >= 11 is 12.1. The predicted molar refractivity (Wildman–Crippen MR) is 94.6 cm³/mol. The Kier molecular flexibility index (Phi) is 5.63. The Morgan fingerprint density at radius 1 is 0.667 bits per heavy atom. The van der Waals surface area contributed by atoms with Gasteiger partial charge >= 0.3 is 0 Å². The molecular weight excluding hydrogens is 327 g/mol. The maximum Gasteiger partial charge on any atom is 0.0426 e. The normalized spacial score (nSPS) is 14.8. The number of nitrogens with zero attached hydrogens (tertiary/aromatic N) is 2. The molecular formula is C16H17Cl3N2. The SMILES string of the molecule is Cl.Clc1cccc(N2CCN(c3cccc(Cl)c3)CC2)c1. The molecule has 3 rings (SSSR count). The minimum atomic E-state index is 0. The molecule has 0 atom stereocenters. The molecule has 2 nitrogen and oxygen atoms in total. The number of benzene rings is 2. The molecule has 0 radical (unpaired) electrons. The molecule has 5 heteroatoms. The van der Waals surface area contributed by atoms with Crippen molar-refractivity contribution in [3.8, 4) is 0 Å². The van der Waals surface area contributed by atoms with Gasteiger partial charge in [-0.15, -0.1) is 12.4 Å². The summed E-state index contributed by atoms with van der Waals surface area (Å²) in [5.41, 5.74) is 2.39. The summed E-state index contributed by atoms with van der Waals surface area (Å²) in [6.45, 7) is 3.97. The fraction of sp³-hybridized carbons (Fsp3) is 0.250. The summed E-state index contributed by atoms with van der Waals surface area (Å²) in [5, 5.41) is 1.58. The van der Waals surface area contributed by atoms with Crippen LogP contribution in [-0.2, 0) is 0 Å². The van der Waals surface area contributed by atoms with Crippen LogP contribution in [0.5, 0.6) is 0 Å². The maximum absolute atomic E-state index is 6.05. The lowest BCUT2D eigenvalue weighted by atomic mass is 10.2. The van der Waals surface area contributed by atoms with Crippen molar-refractivity contribution in [3.63, 3.8) is 0 Å². The van der Waals surface area contributed by atoms with Crippen LogP contribution in [0.1, 0.15) is 0 Å². The zero-order valence-electron chi connectivity index (χ0n) is 11.5. The van der Waals surface area contributed by atoms with Gasteiger partial charge in [-0.2, -0.15) is 0 Å². The van der Waals surface area contributed by atoms with Crippen LogP contribution in [0.25, 0.3) is 0 Å². The Bertz CT molecular complexity index is 542. The standard InChI is InChI=1S/C16H16Cl2N2.ClH/c17-13-3-1-5-15(11-13)19-7-9-20(10-8-19)16-6-2-4-14(18)12-16;/h1-6,11-12H,7-10H2;1H. The number of rotatable bonds is 2. The van der Waals surface area contributed by atoms with E-state index in [4.69, 9.17) is 23.2 Å². The van der Waals surface area contributed by atoms with Gasteiger partial charge in [0.05, 0.1) is 0 Å². The first-order chi connectivity index (χ1) is 9.72. The van der Waals surface area contributed by atoms with E-state index in [0.29, 0.717) is 0 Å². The van der Waals surface area contributed by atoms with Crippen molar-refractivity contribution in [2.45, 2.75) is 0 Å². The van der Waals surface area contributed by atoms with Gasteiger partial charge in [0.15, 0.2) is 0 Å². The predicted octanol–water partition coefficient (Wildman–Crippen LogP) is 4.74. The van der Waals surface area contributed by atoms with Gasteiger partial charge in [0.1, 0.15) is 0 Å². The second-order valence-corrected chi connectivity index (χ2v) is 5.81. The van der Waals surface area contributed by atoms with Crippen molar-refractivity contribution in [3.05, 3.63) is 58.6 Å². The Morgan fingerprint density at radius 2 is 1.05 bits per heavy atom. The summed E-state index contributed by atoms with van der Waals surface area (Å²) in [5.74, 6) is 0. The van der Waals surface area contributed by atoms with Crippen LogP contribution in [0.2, 0.25) is 10.0 Å². The minimum absolute atomic E-state index is 0. The highest BCUT2D eigenvalue weighted by Crippen LogP contribution is 2.24. The molecule has 0 spiro atoms. The van der Waals surface area contributed by atoms with E-state index in [1.165, 1.54) is 11.4 Å². The highest BCUT2D eigenvalue weighted by atomic mass is 35.5. The summed E-state index contributed by atoms with van der Waals surface area (Å²) < 4.78 is 0. The number of hydrogen-bond donors (Lipinski definition) is 0. The lowest BCUT2D eigenvalue weighted by Crippen LogP contribution is -2.46. The molecule has 0 bridgehead atoms. The molecule has 0 N–H and O–H groups in total. The highest BCUT2D eigenvalue weighted by molar-refractivity contribution is 6.31. The van der Waals surface area contributed by atoms with Gasteiger partial charge in [0.2, 0.25) is 0 Å². The third kappa shape index (κ3) is 3.97. The van der Waals surface area contributed by atoms with E-state index in [-0.39, 0.29) is 12.4 Å². The Morgan fingerprint density at radius 3 is 1.38 bits per heavy atom. The third-order valence-electron chi connectivity index (χ3n) is 3.63. The van der Waals surface area contributed by atoms with Crippen LogP contribution in [-0.4, -0.2) is 26.2 Å². The van der Waals surface area contributed by atoms with Crippen LogP contribution in [0, 0.1) is 0 Å². The van der Waals surface area contributed by atoms with E-state index in [1.54, 1.807) is 0 Å². The van der Waals surface area contributed by atoms with Gasteiger partial charge in [-0.3, -0.25) is 0 Å². The number of halogens is 3. The smallest absolute Gasteiger partial charge is 0.0426 e. The second kappa shape index (κ2) is 7.26. The molecule has 2 aromatic rings. The average molecular weight is 344 g/mol. The molecule has 0 saturated carbocycles. The van der Waals surface area contributed by atoms with E-state index in [9.17, 15) is 0 Å². The van der Waals surface area contributed by atoms with Crippen molar-refractivity contribution < 1.29 is 0 Å². The van der Waals surface area contributed by atoms with Crippen molar-refractivity contribution >= 4 is 47.0 Å². The molecule has 112 valence electrons. The second-order valence-electron chi connectivity index (χ2n) is 4.93. The quantitative estimate of drug-likeness (QED) is 0.777. The molecule has 0 unspecified atom stereocenters. The Labute approximate surface area is 141 Å². The molecule has 2 aromatic carbocycles. The van der Waals surface area contributed by atoms with Crippen molar-refractivity contribution in [1.82, 2.24) is 0 Å². The number of piperazine rings is 1. The topological polar surface area (TPSA) is 6.48 Å². The number of anilines is 2. The first kappa shape index (κ1) is 16.3. The van der Waals surface area contributed by atoms with Crippen LogP contribution in [0.15, 0.2) is 48.5 Å². The van der Waals surface area contributed by atoms with E-state index in [0.717, 1.165) is 36.2 Å². The summed E-state index contributed by atoms with van der Waals surface area (Å²) in [6.07, 6.45) is 0. The molecule has 1 saturated heterocycles. The Hall–Kier alpha value is -1.09. The van der Waals surface area contributed by atoms with Gasteiger partial charge in [0.25, 0.3) is 0 Å². The van der Waals surface area contributed by atoms with E-state index in [1.807, 2.05) is 36.4 Å². The van der Waals surface area contributed by atoms with Gasteiger partial charge in [-0.1, -0.05) is 35.3 Å². The van der Waals surface area contributed by atoms with Gasteiger partial charge in [0, 0.05) is 47.6 Å². The van der Waals surface area contributed by atoms with Crippen molar-refractivity contribution in [1.29, 1.82) is 0 Å². The fourth-order valence-electron chi connectivity index (χ4n) is 2.57. The molecule has 0 amide bonds.